The van der Waals surface area contributed by atoms with Gasteiger partial charge in [-0.1, -0.05) is 38.8 Å². The molecule has 0 aliphatic heterocycles. The molecule has 2 N–H and O–H groups in total. The lowest BCUT2D eigenvalue weighted by atomic mass is 9.75. The van der Waals surface area contributed by atoms with Crippen molar-refractivity contribution in [3.63, 3.8) is 0 Å². The number of carbonyl (C=O) groups is 2. The number of esters is 2. The monoisotopic (exact) mass is 367 g/mol. The molecule has 5 nitrogen and oxygen atoms in total. The minimum Gasteiger partial charge on any atom is -0.460 e. The first-order valence-electron chi connectivity index (χ1n) is 8.69. The first kappa shape index (κ1) is 19.6. The van der Waals surface area contributed by atoms with Gasteiger partial charge in [0.2, 0.25) is 0 Å². The zero-order valence-electron chi connectivity index (χ0n) is 15.0. The van der Waals surface area contributed by atoms with E-state index >= 15 is 0 Å². The smallest absolute Gasteiger partial charge is 0.344 e. The molecule has 1 saturated carbocycles. The number of rotatable bonds is 5. The average Bonchev–Trinajstić information content (AvgIpc) is 2.52. The molecule has 0 radical (unpaired) electrons. The summed E-state index contributed by atoms with van der Waals surface area (Å²) in [6.45, 7) is 6.03. The van der Waals surface area contributed by atoms with Crippen molar-refractivity contribution in [3.8, 4) is 0 Å². The number of hydrogen-bond donors (Lipinski definition) is 1. The molecule has 0 aromatic heterocycles. The van der Waals surface area contributed by atoms with Crippen molar-refractivity contribution in [1.82, 2.24) is 0 Å². The molecule has 1 aromatic rings. The van der Waals surface area contributed by atoms with Gasteiger partial charge in [-0.3, -0.25) is 0 Å². The van der Waals surface area contributed by atoms with E-state index in [0.29, 0.717) is 22.8 Å². The molecular weight excluding hydrogens is 342 g/mol. The molecule has 1 aromatic carbocycles. The first-order chi connectivity index (χ1) is 11.8. The Morgan fingerprint density at radius 3 is 2.68 bits per heavy atom. The number of nitrogen functional groups attached to an aromatic ring is 1. The van der Waals surface area contributed by atoms with E-state index in [1.54, 1.807) is 6.07 Å². The predicted octanol–water partition coefficient (Wildman–Crippen LogP) is 4.08. The summed E-state index contributed by atoms with van der Waals surface area (Å²) in [4.78, 5) is 24.2. The first-order valence-corrected chi connectivity index (χ1v) is 9.07. The van der Waals surface area contributed by atoms with Crippen LogP contribution in [0.15, 0.2) is 18.2 Å². The summed E-state index contributed by atoms with van der Waals surface area (Å²) in [5.41, 5.74) is 6.14. The van der Waals surface area contributed by atoms with Crippen LogP contribution in [-0.4, -0.2) is 24.6 Å². The summed E-state index contributed by atoms with van der Waals surface area (Å²) >= 11 is 5.80. The van der Waals surface area contributed by atoms with Gasteiger partial charge in [-0.15, -0.1) is 0 Å². The molecule has 25 heavy (non-hydrogen) atoms. The van der Waals surface area contributed by atoms with E-state index in [1.807, 2.05) is 0 Å². The Morgan fingerprint density at radius 2 is 2.04 bits per heavy atom. The normalized spacial score (nSPS) is 23.3. The van der Waals surface area contributed by atoms with Crippen molar-refractivity contribution < 1.29 is 19.1 Å². The van der Waals surface area contributed by atoms with Crippen molar-refractivity contribution in [3.05, 3.63) is 28.8 Å². The van der Waals surface area contributed by atoms with Gasteiger partial charge >= 0.3 is 11.9 Å². The number of carbonyl (C=O) groups excluding carboxylic acids is 2. The molecule has 2 rings (SSSR count). The fourth-order valence-electron chi connectivity index (χ4n) is 3.37. The second-order valence-corrected chi connectivity index (χ2v) is 7.60. The van der Waals surface area contributed by atoms with Gasteiger partial charge in [0.25, 0.3) is 0 Å². The fourth-order valence-corrected chi connectivity index (χ4v) is 3.56. The van der Waals surface area contributed by atoms with Crippen molar-refractivity contribution in [1.29, 1.82) is 0 Å². The van der Waals surface area contributed by atoms with Crippen molar-refractivity contribution in [2.24, 2.45) is 17.8 Å². The molecule has 0 heterocycles. The van der Waals surface area contributed by atoms with Crippen LogP contribution < -0.4 is 5.73 Å². The van der Waals surface area contributed by atoms with E-state index in [2.05, 4.69) is 20.8 Å². The maximum Gasteiger partial charge on any atom is 0.344 e. The van der Waals surface area contributed by atoms with Gasteiger partial charge < -0.3 is 15.2 Å². The molecule has 3 atom stereocenters. The second kappa shape index (κ2) is 8.56. The van der Waals surface area contributed by atoms with Crippen LogP contribution in [0.5, 0.6) is 0 Å². The SMILES string of the molecule is CC(C)[C@H]1CC[C@H](C)C[C@@H]1OC(=O)COC(=O)c1ccc(Cl)cc1N. The van der Waals surface area contributed by atoms with E-state index in [9.17, 15) is 9.59 Å². The predicted molar refractivity (Wildman–Crippen MR) is 97.4 cm³/mol. The molecule has 138 valence electrons. The van der Waals surface area contributed by atoms with Crippen LogP contribution in [0.1, 0.15) is 50.4 Å². The molecule has 0 amide bonds. The molecule has 0 unspecified atom stereocenters. The Morgan fingerprint density at radius 1 is 1.32 bits per heavy atom. The third-order valence-electron chi connectivity index (χ3n) is 4.80. The zero-order valence-corrected chi connectivity index (χ0v) is 15.7. The number of hydrogen-bond acceptors (Lipinski definition) is 5. The highest BCUT2D eigenvalue weighted by Gasteiger charge is 2.33. The van der Waals surface area contributed by atoms with Crippen molar-refractivity contribution in [2.75, 3.05) is 12.3 Å². The van der Waals surface area contributed by atoms with Crippen LogP contribution in [0.3, 0.4) is 0 Å². The minimum atomic E-state index is -0.663. The number of ether oxygens (including phenoxy) is 2. The Balaban J connectivity index is 1.90. The molecule has 0 spiro atoms. The minimum absolute atomic E-state index is 0.115. The van der Waals surface area contributed by atoms with Gasteiger partial charge in [-0.25, -0.2) is 9.59 Å². The topological polar surface area (TPSA) is 78.6 Å². The molecule has 0 bridgehead atoms. The largest absolute Gasteiger partial charge is 0.460 e. The maximum atomic E-state index is 12.1. The summed E-state index contributed by atoms with van der Waals surface area (Å²) < 4.78 is 10.6. The van der Waals surface area contributed by atoms with Crippen LogP contribution >= 0.6 is 11.6 Å². The Bertz CT molecular complexity index is 632. The third kappa shape index (κ3) is 5.36. The fraction of sp³-hybridized carbons (Fsp3) is 0.579. The quantitative estimate of drug-likeness (QED) is 0.626. The van der Waals surface area contributed by atoms with Gasteiger partial charge in [0.05, 0.1) is 5.56 Å². The average molecular weight is 368 g/mol. The lowest BCUT2D eigenvalue weighted by Gasteiger charge is -2.36. The lowest BCUT2D eigenvalue weighted by molar-refractivity contribution is -0.159. The molecular formula is C19H26ClNO4. The summed E-state index contributed by atoms with van der Waals surface area (Å²) in [6, 6.07) is 4.49. The Kier molecular flexibility index (Phi) is 6.71. The highest BCUT2D eigenvalue weighted by Crippen LogP contribution is 2.35. The number of anilines is 1. The number of halogens is 1. The van der Waals surface area contributed by atoms with Gasteiger partial charge in [0.15, 0.2) is 6.61 Å². The molecule has 6 heteroatoms. The molecule has 0 saturated heterocycles. The molecule has 1 aliphatic rings. The summed E-state index contributed by atoms with van der Waals surface area (Å²) in [7, 11) is 0. The maximum absolute atomic E-state index is 12.1. The van der Waals surface area contributed by atoms with Crippen LogP contribution in [0, 0.1) is 17.8 Å². The van der Waals surface area contributed by atoms with E-state index in [0.717, 1.165) is 19.3 Å². The van der Waals surface area contributed by atoms with Gasteiger partial charge in [0, 0.05) is 10.7 Å². The molecule has 1 aliphatic carbocycles. The van der Waals surface area contributed by atoms with Gasteiger partial charge in [0.1, 0.15) is 6.10 Å². The third-order valence-corrected chi connectivity index (χ3v) is 5.03. The highest BCUT2D eigenvalue weighted by molar-refractivity contribution is 6.31. The van der Waals surface area contributed by atoms with Crippen molar-refractivity contribution >= 4 is 29.2 Å². The van der Waals surface area contributed by atoms with Crippen molar-refractivity contribution in [2.45, 2.75) is 46.1 Å². The van der Waals surface area contributed by atoms with Gasteiger partial charge in [-0.2, -0.15) is 0 Å². The van der Waals surface area contributed by atoms with Crippen LogP contribution in [0.2, 0.25) is 5.02 Å². The standard InChI is InChI=1S/C19H26ClNO4/c1-11(2)14-6-4-12(3)8-17(14)25-18(22)10-24-19(23)15-7-5-13(20)9-16(15)21/h5,7,9,11-12,14,17H,4,6,8,10,21H2,1-3H3/t12-,14+,17-/m0/s1. The van der Waals surface area contributed by atoms with Crippen LogP contribution in [0.25, 0.3) is 0 Å². The van der Waals surface area contributed by atoms with Crippen LogP contribution in [0.4, 0.5) is 5.69 Å². The second-order valence-electron chi connectivity index (χ2n) is 7.16. The summed E-state index contributed by atoms with van der Waals surface area (Å²) in [6.07, 6.45) is 2.95. The van der Waals surface area contributed by atoms with E-state index in [1.165, 1.54) is 12.1 Å². The highest BCUT2D eigenvalue weighted by atomic mass is 35.5. The number of benzene rings is 1. The van der Waals surface area contributed by atoms with Gasteiger partial charge in [-0.05, 0) is 48.8 Å². The Labute approximate surface area is 153 Å². The zero-order chi connectivity index (χ0) is 18.6. The lowest BCUT2D eigenvalue weighted by Crippen LogP contribution is -2.36. The van der Waals surface area contributed by atoms with Crippen LogP contribution in [-0.2, 0) is 14.3 Å². The number of nitrogens with two attached hydrogens (primary N) is 1. The Hall–Kier alpha value is -1.75. The van der Waals surface area contributed by atoms with E-state index in [-0.39, 0.29) is 17.4 Å². The summed E-state index contributed by atoms with van der Waals surface area (Å²) in [5.74, 6) is 0.142. The molecule has 1 fully saturated rings. The van der Waals surface area contributed by atoms with E-state index in [4.69, 9.17) is 26.8 Å². The summed E-state index contributed by atoms with van der Waals surface area (Å²) in [5, 5.41) is 0.430. The van der Waals surface area contributed by atoms with E-state index < -0.39 is 18.5 Å².